The third kappa shape index (κ3) is 4.27. The van der Waals surface area contributed by atoms with E-state index in [1.807, 2.05) is 19.9 Å². The number of nitrogens with zero attached hydrogens (tertiary/aromatic N) is 5. The van der Waals surface area contributed by atoms with Crippen LogP contribution < -0.4 is 5.32 Å². The average molecular weight is 414 g/mol. The Morgan fingerprint density at radius 3 is 2.83 bits per heavy atom. The van der Waals surface area contributed by atoms with Crippen LogP contribution in [0.2, 0.25) is 0 Å². The second kappa shape index (κ2) is 7.63. The summed E-state index contributed by atoms with van der Waals surface area (Å²) >= 11 is 1.23. The van der Waals surface area contributed by atoms with E-state index in [4.69, 9.17) is 0 Å². The second-order valence-electron chi connectivity index (χ2n) is 6.55. The summed E-state index contributed by atoms with van der Waals surface area (Å²) in [6.45, 7) is 3.76. The maximum atomic E-state index is 13.8. The van der Waals surface area contributed by atoms with E-state index < -0.39 is 11.6 Å². The molecule has 0 unspecified atom stereocenters. The molecule has 0 radical (unpaired) electrons. The molecule has 0 bridgehead atoms. The summed E-state index contributed by atoms with van der Waals surface area (Å²) in [6, 6.07) is 5.34. The number of thiazole rings is 1. The molecule has 0 aliphatic heterocycles. The zero-order valence-electron chi connectivity index (χ0n) is 15.6. The molecular formula is C19H16F2N6OS. The first-order valence-electron chi connectivity index (χ1n) is 8.76. The van der Waals surface area contributed by atoms with Crippen molar-refractivity contribution < 1.29 is 13.6 Å². The Morgan fingerprint density at radius 1 is 1.21 bits per heavy atom. The number of hydrogen-bond donors (Lipinski definition) is 1. The largest absolute Gasteiger partial charge is 0.302 e. The van der Waals surface area contributed by atoms with Crippen LogP contribution in [0.5, 0.6) is 0 Å². The molecule has 0 spiro atoms. The SMILES string of the molecule is Cc1cc(C)n2nc(CC(=O)Nc3ncc(Cc4ccc(F)cc4F)s3)nc2n1. The van der Waals surface area contributed by atoms with E-state index in [0.717, 1.165) is 22.3 Å². The Morgan fingerprint density at radius 2 is 2.03 bits per heavy atom. The molecule has 1 aromatic carbocycles. The molecule has 3 heterocycles. The molecule has 1 amide bonds. The molecule has 29 heavy (non-hydrogen) atoms. The Hall–Kier alpha value is -3.27. The van der Waals surface area contributed by atoms with E-state index in [0.29, 0.717) is 22.3 Å². The van der Waals surface area contributed by atoms with E-state index in [2.05, 4.69) is 25.4 Å². The molecule has 3 aromatic heterocycles. The highest BCUT2D eigenvalue weighted by Crippen LogP contribution is 2.23. The molecule has 1 N–H and O–H groups in total. The summed E-state index contributed by atoms with van der Waals surface area (Å²) in [5.41, 5.74) is 2.07. The molecule has 0 atom stereocenters. The number of nitrogens with one attached hydrogen (secondary N) is 1. The van der Waals surface area contributed by atoms with Crippen molar-refractivity contribution >= 4 is 28.2 Å². The number of aryl methyl sites for hydroxylation is 2. The van der Waals surface area contributed by atoms with Gasteiger partial charge in [0.1, 0.15) is 11.6 Å². The number of hydrogen-bond acceptors (Lipinski definition) is 6. The van der Waals surface area contributed by atoms with Crippen LogP contribution >= 0.6 is 11.3 Å². The van der Waals surface area contributed by atoms with Crippen molar-refractivity contribution in [2.24, 2.45) is 0 Å². The number of halogens is 2. The summed E-state index contributed by atoms with van der Waals surface area (Å²) < 4.78 is 28.4. The van der Waals surface area contributed by atoms with E-state index >= 15 is 0 Å². The second-order valence-corrected chi connectivity index (χ2v) is 7.66. The Bertz CT molecular complexity index is 1220. The van der Waals surface area contributed by atoms with Crippen molar-refractivity contribution in [1.82, 2.24) is 24.6 Å². The van der Waals surface area contributed by atoms with Crippen LogP contribution in [0.1, 0.15) is 27.7 Å². The van der Waals surface area contributed by atoms with Gasteiger partial charge in [0.15, 0.2) is 11.0 Å². The molecule has 0 fully saturated rings. The minimum atomic E-state index is -0.621. The van der Waals surface area contributed by atoms with Gasteiger partial charge in [-0.15, -0.1) is 16.4 Å². The van der Waals surface area contributed by atoms with Gasteiger partial charge in [-0.2, -0.15) is 4.98 Å². The lowest BCUT2D eigenvalue weighted by Crippen LogP contribution is -2.15. The third-order valence-corrected chi connectivity index (χ3v) is 5.07. The number of carbonyl (C=O) groups is 1. The number of carbonyl (C=O) groups excluding carboxylic acids is 1. The van der Waals surface area contributed by atoms with Gasteiger partial charge in [-0.3, -0.25) is 4.79 Å². The molecule has 4 rings (SSSR count). The predicted octanol–water partition coefficient (Wildman–Crippen LogP) is 3.25. The van der Waals surface area contributed by atoms with Gasteiger partial charge in [0.2, 0.25) is 5.91 Å². The topological polar surface area (TPSA) is 85.1 Å². The van der Waals surface area contributed by atoms with Gasteiger partial charge in [-0.05, 0) is 31.5 Å². The molecule has 0 aliphatic carbocycles. The Kier molecular flexibility index (Phi) is 5.01. The highest BCUT2D eigenvalue weighted by molar-refractivity contribution is 7.15. The maximum absolute atomic E-state index is 13.8. The molecular weight excluding hydrogens is 398 g/mol. The fourth-order valence-corrected chi connectivity index (χ4v) is 3.74. The first-order valence-corrected chi connectivity index (χ1v) is 9.57. The number of aromatic nitrogens is 5. The zero-order chi connectivity index (χ0) is 20.5. The van der Waals surface area contributed by atoms with Crippen molar-refractivity contribution in [2.75, 3.05) is 5.32 Å². The summed E-state index contributed by atoms with van der Waals surface area (Å²) in [7, 11) is 0. The smallest absolute Gasteiger partial charge is 0.252 e. The quantitative estimate of drug-likeness (QED) is 0.542. The normalized spacial score (nSPS) is 11.2. The van der Waals surface area contributed by atoms with Crippen LogP contribution in [-0.2, 0) is 17.6 Å². The summed E-state index contributed by atoms with van der Waals surface area (Å²) in [4.78, 5) is 25.8. The van der Waals surface area contributed by atoms with E-state index in [-0.39, 0.29) is 18.7 Å². The summed E-state index contributed by atoms with van der Waals surface area (Å²) in [5, 5.41) is 7.39. The van der Waals surface area contributed by atoms with Crippen molar-refractivity contribution in [2.45, 2.75) is 26.7 Å². The van der Waals surface area contributed by atoms with Crippen LogP contribution in [0.15, 0.2) is 30.5 Å². The Labute approximate surface area is 168 Å². The first kappa shape index (κ1) is 19.1. The van der Waals surface area contributed by atoms with Gasteiger partial charge in [0, 0.05) is 34.9 Å². The van der Waals surface area contributed by atoms with Crippen LogP contribution in [0.25, 0.3) is 5.78 Å². The number of fused-ring (bicyclic) bond motifs is 1. The highest BCUT2D eigenvalue weighted by Gasteiger charge is 2.14. The summed E-state index contributed by atoms with van der Waals surface area (Å²) in [5.74, 6) is -0.744. The molecule has 7 nitrogen and oxygen atoms in total. The van der Waals surface area contributed by atoms with E-state index in [1.54, 1.807) is 10.7 Å². The van der Waals surface area contributed by atoms with Gasteiger partial charge in [-0.1, -0.05) is 6.07 Å². The molecule has 0 aliphatic rings. The minimum absolute atomic E-state index is 0.0245. The van der Waals surface area contributed by atoms with Crippen LogP contribution in [0.3, 0.4) is 0 Å². The van der Waals surface area contributed by atoms with Gasteiger partial charge < -0.3 is 5.32 Å². The van der Waals surface area contributed by atoms with Crippen molar-refractivity contribution in [3.05, 3.63) is 69.7 Å². The van der Waals surface area contributed by atoms with Crippen molar-refractivity contribution in [3.8, 4) is 0 Å². The average Bonchev–Trinajstić information content (AvgIpc) is 3.24. The predicted molar refractivity (Wildman–Crippen MR) is 104 cm³/mol. The van der Waals surface area contributed by atoms with Crippen molar-refractivity contribution in [1.29, 1.82) is 0 Å². The lowest BCUT2D eigenvalue weighted by atomic mass is 10.1. The highest BCUT2D eigenvalue weighted by atomic mass is 32.1. The molecule has 0 saturated heterocycles. The fraction of sp³-hybridized carbons (Fsp3) is 0.211. The monoisotopic (exact) mass is 414 g/mol. The molecule has 148 valence electrons. The number of amides is 1. The van der Waals surface area contributed by atoms with Crippen LogP contribution in [0, 0.1) is 25.5 Å². The minimum Gasteiger partial charge on any atom is -0.302 e. The fourth-order valence-electron chi connectivity index (χ4n) is 2.89. The lowest BCUT2D eigenvalue weighted by Gasteiger charge is -2.01. The van der Waals surface area contributed by atoms with Gasteiger partial charge in [0.25, 0.3) is 5.78 Å². The Balaban J connectivity index is 1.42. The van der Waals surface area contributed by atoms with Crippen LogP contribution in [0.4, 0.5) is 13.9 Å². The zero-order valence-corrected chi connectivity index (χ0v) is 16.4. The van der Waals surface area contributed by atoms with Crippen molar-refractivity contribution in [3.63, 3.8) is 0 Å². The standard InChI is InChI=1S/C19H16F2N6OS/c1-10-5-11(2)27-18(23-10)24-16(26-27)8-17(28)25-19-22-9-14(29-19)6-12-3-4-13(20)7-15(12)21/h3-5,7,9H,6,8H2,1-2H3,(H,22,25,28). The summed E-state index contributed by atoms with van der Waals surface area (Å²) in [6.07, 6.45) is 1.80. The van der Waals surface area contributed by atoms with Gasteiger partial charge in [-0.25, -0.2) is 23.3 Å². The van der Waals surface area contributed by atoms with Crippen LogP contribution in [-0.4, -0.2) is 30.5 Å². The van der Waals surface area contributed by atoms with Gasteiger partial charge in [0.05, 0.1) is 6.42 Å². The number of rotatable bonds is 5. The lowest BCUT2D eigenvalue weighted by molar-refractivity contribution is -0.115. The molecule has 10 heteroatoms. The molecule has 4 aromatic rings. The van der Waals surface area contributed by atoms with E-state index in [1.165, 1.54) is 23.5 Å². The van der Waals surface area contributed by atoms with Gasteiger partial charge >= 0.3 is 0 Å². The first-order chi connectivity index (χ1) is 13.9. The molecule has 0 saturated carbocycles. The number of anilines is 1. The number of benzene rings is 1. The van der Waals surface area contributed by atoms with E-state index in [9.17, 15) is 13.6 Å². The third-order valence-electron chi connectivity index (χ3n) is 4.16. The maximum Gasteiger partial charge on any atom is 0.252 e.